The Morgan fingerprint density at radius 1 is 0.906 bits per heavy atom. The first kappa shape index (κ1) is 21.3. The van der Waals surface area contributed by atoms with Crippen molar-refractivity contribution in [2.45, 2.75) is 6.92 Å². The van der Waals surface area contributed by atoms with Crippen LogP contribution >= 0.6 is 11.6 Å². The molecule has 1 aliphatic heterocycles. The number of carbonyl (C=O) groups excluding carboxylic acids is 3. The molecule has 0 unspecified atom stereocenters. The van der Waals surface area contributed by atoms with Gasteiger partial charge in [0.25, 0.3) is 11.8 Å². The van der Waals surface area contributed by atoms with E-state index in [1.807, 2.05) is 6.92 Å². The molecule has 6 nitrogen and oxygen atoms in total. The Kier molecular flexibility index (Phi) is 5.75. The molecule has 1 N–H and O–H groups in total. The van der Waals surface area contributed by atoms with Crippen LogP contribution in [0.4, 0.5) is 15.8 Å². The molecule has 8 heteroatoms. The summed E-state index contributed by atoms with van der Waals surface area (Å²) in [5.74, 6) is -2.06. The van der Waals surface area contributed by atoms with E-state index in [1.165, 1.54) is 36.4 Å². The number of ether oxygens (including phenoxy) is 1. The smallest absolute Gasteiger partial charge is 0.343 e. The molecular weight excluding hydrogens is 435 g/mol. The Hall–Kier alpha value is -3.97. The topological polar surface area (TPSA) is 75.7 Å². The molecule has 32 heavy (non-hydrogen) atoms. The molecule has 0 bridgehead atoms. The van der Waals surface area contributed by atoms with Gasteiger partial charge in [0.1, 0.15) is 22.3 Å². The highest BCUT2D eigenvalue weighted by atomic mass is 35.5. The summed E-state index contributed by atoms with van der Waals surface area (Å²) < 4.78 is 18.2. The van der Waals surface area contributed by atoms with Crippen molar-refractivity contribution in [2.24, 2.45) is 0 Å². The number of carbonyl (C=O) groups is 3. The molecule has 0 fully saturated rings. The molecule has 3 aromatic rings. The molecule has 3 aromatic carbocycles. The number of nitrogens with one attached hydrogen (secondary N) is 1. The van der Waals surface area contributed by atoms with Gasteiger partial charge in [-0.3, -0.25) is 9.59 Å². The molecule has 0 radical (unpaired) electrons. The minimum absolute atomic E-state index is 0.0566. The van der Waals surface area contributed by atoms with Gasteiger partial charge in [0.2, 0.25) is 0 Å². The normalized spacial score (nSPS) is 13.5. The number of amides is 2. The summed E-state index contributed by atoms with van der Waals surface area (Å²) in [5.41, 5.74) is 2.04. The third-order valence-corrected chi connectivity index (χ3v) is 5.08. The molecule has 0 atom stereocenters. The van der Waals surface area contributed by atoms with E-state index < -0.39 is 23.6 Å². The van der Waals surface area contributed by atoms with Gasteiger partial charge in [0.05, 0.1) is 11.3 Å². The zero-order chi connectivity index (χ0) is 22.8. The second kappa shape index (κ2) is 8.64. The molecule has 0 saturated heterocycles. The van der Waals surface area contributed by atoms with Crippen molar-refractivity contribution in [1.29, 1.82) is 0 Å². The largest absolute Gasteiger partial charge is 0.423 e. The van der Waals surface area contributed by atoms with E-state index in [-0.39, 0.29) is 22.0 Å². The molecule has 1 aliphatic rings. The number of rotatable bonds is 5. The number of hydrogen-bond acceptors (Lipinski definition) is 5. The fraction of sp³-hybridized carbons (Fsp3) is 0.0417. The van der Waals surface area contributed by atoms with Crippen LogP contribution in [-0.2, 0) is 9.59 Å². The van der Waals surface area contributed by atoms with Gasteiger partial charge in [0.15, 0.2) is 0 Å². The number of anilines is 2. The van der Waals surface area contributed by atoms with Gasteiger partial charge in [-0.15, -0.1) is 0 Å². The molecule has 1 heterocycles. The van der Waals surface area contributed by atoms with E-state index in [2.05, 4.69) is 5.32 Å². The lowest BCUT2D eigenvalue weighted by molar-refractivity contribution is -0.120. The maximum atomic E-state index is 13.0. The van der Waals surface area contributed by atoms with E-state index >= 15 is 0 Å². The fourth-order valence-corrected chi connectivity index (χ4v) is 3.25. The van der Waals surface area contributed by atoms with Gasteiger partial charge < -0.3 is 10.1 Å². The second-order valence-corrected chi connectivity index (χ2v) is 7.39. The van der Waals surface area contributed by atoms with Crippen LogP contribution in [0.15, 0.2) is 83.5 Å². The third kappa shape index (κ3) is 4.24. The van der Waals surface area contributed by atoms with Gasteiger partial charge >= 0.3 is 5.97 Å². The van der Waals surface area contributed by atoms with E-state index in [1.54, 1.807) is 36.4 Å². The summed E-state index contributed by atoms with van der Waals surface area (Å²) in [7, 11) is 0. The Labute approximate surface area is 187 Å². The van der Waals surface area contributed by atoms with Crippen molar-refractivity contribution in [1.82, 2.24) is 0 Å². The fourth-order valence-electron chi connectivity index (χ4n) is 3.04. The Bertz CT molecular complexity index is 1240. The van der Waals surface area contributed by atoms with E-state index in [0.29, 0.717) is 11.4 Å². The molecule has 4 rings (SSSR count). The van der Waals surface area contributed by atoms with Crippen LogP contribution in [0.5, 0.6) is 5.75 Å². The summed E-state index contributed by atoms with van der Waals surface area (Å²) in [6, 6.07) is 18.1. The van der Waals surface area contributed by atoms with Gasteiger partial charge in [0, 0.05) is 5.69 Å². The molecule has 0 spiro atoms. The maximum absolute atomic E-state index is 13.0. The van der Waals surface area contributed by atoms with Crippen LogP contribution in [0.1, 0.15) is 15.9 Å². The first-order valence-corrected chi connectivity index (χ1v) is 9.91. The average Bonchev–Trinajstić information content (AvgIpc) is 3.00. The molecule has 0 aliphatic carbocycles. The number of esters is 1. The predicted molar refractivity (Wildman–Crippen MR) is 118 cm³/mol. The molecular formula is C24H16ClFN2O4. The average molecular weight is 451 g/mol. The van der Waals surface area contributed by atoms with E-state index in [4.69, 9.17) is 16.3 Å². The van der Waals surface area contributed by atoms with Gasteiger partial charge in [-0.2, -0.15) is 0 Å². The minimum atomic E-state index is -0.627. The van der Waals surface area contributed by atoms with Crippen LogP contribution in [0.2, 0.25) is 0 Å². The number of imide groups is 1. The highest BCUT2D eigenvalue weighted by Gasteiger charge is 2.38. The lowest BCUT2D eigenvalue weighted by Crippen LogP contribution is -2.32. The van der Waals surface area contributed by atoms with Gasteiger partial charge in [-0.25, -0.2) is 14.1 Å². The summed E-state index contributed by atoms with van der Waals surface area (Å²) in [5, 5.41) is 2.62. The molecule has 0 aromatic heterocycles. The zero-order valence-corrected chi connectivity index (χ0v) is 17.5. The maximum Gasteiger partial charge on any atom is 0.343 e. The number of nitrogens with zero attached hydrogens (tertiary/aromatic N) is 1. The number of halogens is 2. The lowest BCUT2D eigenvalue weighted by atomic mass is 10.2. The standard InChI is InChI=1S/C24H16ClFN2O4/c1-14-2-10-18(11-3-14)28-22(29)20(25)21(23(28)30)27-17-8-4-15(5-9-17)24(31)32-19-12-6-16(26)7-13-19/h2-13,27H,1H3. The Morgan fingerprint density at radius 2 is 1.53 bits per heavy atom. The van der Waals surface area contributed by atoms with Gasteiger partial charge in [-0.05, 0) is 67.6 Å². The SMILES string of the molecule is Cc1ccc(N2C(=O)C(Cl)=C(Nc3ccc(C(=O)Oc4ccc(F)cc4)cc3)C2=O)cc1. The number of aryl methyl sites for hydroxylation is 1. The highest BCUT2D eigenvalue weighted by Crippen LogP contribution is 2.30. The van der Waals surface area contributed by atoms with Crippen molar-refractivity contribution in [2.75, 3.05) is 10.2 Å². The van der Waals surface area contributed by atoms with Crippen molar-refractivity contribution in [3.63, 3.8) is 0 Å². The summed E-state index contributed by atoms with van der Waals surface area (Å²) in [6.07, 6.45) is 0. The summed E-state index contributed by atoms with van der Waals surface area (Å²) in [4.78, 5) is 38.6. The molecule has 0 saturated carbocycles. The number of benzene rings is 3. The monoisotopic (exact) mass is 450 g/mol. The summed E-state index contributed by atoms with van der Waals surface area (Å²) >= 11 is 6.14. The zero-order valence-electron chi connectivity index (χ0n) is 16.8. The molecule has 160 valence electrons. The van der Waals surface area contributed by atoms with Crippen LogP contribution in [0.3, 0.4) is 0 Å². The van der Waals surface area contributed by atoms with Crippen LogP contribution in [-0.4, -0.2) is 17.8 Å². The lowest BCUT2D eigenvalue weighted by Gasteiger charge is -2.15. The summed E-state index contributed by atoms with van der Waals surface area (Å²) in [6.45, 7) is 1.90. The third-order valence-electron chi connectivity index (χ3n) is 4.73. The van der Waals surface area contributed by atoms with Crippen molar-refractivity contribution >= 4 is 40.8 Å². The first-order chi connectivity index (χ1) is 15.3. The van der Waals surface area contributed by atoms with Crippen molar-refractivity contribution in [3.05, 3.63) is 100 Å². The number of hydrogen-bond donors (Lipinski definition) is 1. The Morgan fingerprint density at radius 3 is 2.16 bits per heavy atom. The van der Waals surface area contributed by atoms with Crippen LogP contribution in [0, 0.1) is 12.7 Å². The first-order valence-electron chi connectivity index (χ1n) is 9.53. The van der Waals surface area contributed by atoms with E-state index in [0.717, 1.165) is 10.5 Å². The van der Waals surface area contributed by atoms with Crippen LogP contribution < -0.4 is 15.0 Å². The molecule has 2 amide bonds. The van der Waals surface area contributed by atoms with Gasteiger partial charge in [-0.1, -0.05) is 29.3 Å². The van der Waals surface area contributed by atoms with Crippen molar-refractivity contribution in [3.8, 4) is 5.75 Å². The highest BCUT2D eigenvalue weighted by molar-refractivity contribution is 6.53. The van der Waals surface area contributed by atoms with E-state index in [9.17, 15) is 18.8 Å². The Balaban J connectivity index is 1.47. The van der Waals surface area contributed by atoms with Crippen molar-refractivity contribution < 1.29 is 23.5 Å². The predicted octanol–water partition coefficient (Wildman–Crippen LogP) is 4.79. The van der Waals surface area contributed by atoms with Crippen LogP contribution in [0.25, 0.3) is 0 Å². The minimum Gasteiger partial charge on any atom is -0.423 e. The second-order valence-electron chi connectivity index (χ2n) is 7.02. The quantitative estimate of drug-likeness (QED) is 0.343.